The van der Waals surface area contributed by atoms with Gasteiger partial charge in [-0.1, -0.05) is 57.2 Å². The van der Waals surface area contributed by atoms with Crippen LogP contribution in [0.5, 0.6) is 0 Å². The molecule has 0 saturated carbocycles. The Balaban J connectivity index is 2.01. The average molecular weight is 326 g/mol. The van der Waals surface area contributed by atoms with Gasteiger partial charge in [0.25, 0.3) is 11.8 Å². The van der Waals surface area contributed by atoms with Crippen LogP contribution >= 0.6 is 0 Å². The molecule has 0 fully saturated rings. The predicted molar refractivity (Wildman–Crippen MR) is 92.1 cm³/mol. The van der Waals surface area contributed by atoms with E-state index in [2.05, 4.69) is 10.8 Å². The molecule has 1 unspecified atom stereocenters. The van der Waals surface area contributed by atoms with Crippen LogP contribution in [-0.4, -0.2) is 18.0 Å². The molecule has 0 heterocycles. The Hall–Kier alpha value is -2.66. The van der Waals surface area contributed by atoms with Crippen LogP contribution in [-0.2, 0) is 4.84 Å². The monoisotopic (exact) mass is 326 g/mol. The summed E-state index contributed by atoms with van der Waals surface area (Å²) in [6.45, 7) is 5.74. The largest absolute Gasteiger partial charge is 0.324 e. The van der Waals surface area contributed by atoms with E-state index in [0.29, 0.717) is 11.1 Å². The summed E-state index contributed by atoms with van der Waals surface area (Å²) in [5.41, 5.74) is 3.02. The summed E-state index contributed by atoms with van der Waals surface area (Å²) in [6, 6.07) is 17.6. The first-order chi connectivity index (χ1) is 11.4. The Morgan fingerprint density at radius 2 is 1.29 bits per heavy atom. The molecule has 2 amide bonds. The van der Waals surface area contributed by atoms with Gasteiger partial charge in [-0.25, -0.2) is 10.3 Å². The van der Waals surface area contributed by atoms with Crippen LogP contribution in [0.2, 0.25) is 0 Å². The molecule has 0 radical (unpaired) electrons. The van der Waals surface area contributed by atoms with Crippen molar-refractivity contribution in [2.75, 3.05) is 0 Å². The van der Waals surface area contributed by atoms with E-state index in [0.717, 1.165) is 0 Å². The van der Waals surface area contributed by atoms with Crippen LogP contribution in [0.15, 0.2) is 60.7 Å². The molecule has 0 spiro atoms. The number of hydrogen-bond acceptors (Lipinski definition) is 3. The van der Waals surface area contributed by atoms with Gasteiger partial charge in [0.1, 0.15) is 0 Å². The van der Waals surface area contributed by atoms with E-state index in [-0.39, 0.29) is 11.8 Å². The fourth-order valence-corrected chi connectivity index (χ4v) is 1.98. The number of benzene rings is 2. The van der Waals surface area contributed by atoms with Gasteiger partial charge in [0.15, 0.2) is 6.23 Å². The van der Waals surface area contributed by atoms with E-state index < -0.39 is 11.6 Å². The van der Waals surface area contributed by atoms with Gasteiger partial charge in [-0.3, -0.25) is 9.59 Å². The number of amides is 2. The molecule has 1 atom stereocenters. The van der Waals surface area contributed by atoms with Crippen molar-refractivity contribution >= 4 is 11.8 Å². The SMILES string of the molecule is CC(C)(C)C(NC(=O)c1ccccc1)ONC(=O)c1ccccc1. The van der Waals surface area contributed by atoms with Crippen LogP contribution in [0.1, 0.15) is 41.5 Å². The van der Waals surface area contributed by atoms with E-state index in [1.807, 2.05) is 32.9 Å². The number of carbonyl (C=O) groups is 2. The zero-order valence-electron chi connectivity index (χ0n) is 14.1. The Morgan fingerprint density at radius 3 is 1.75 bits per heavy atom. The lowest BCUT2D eigenvalue weighted by Crippen LogP contribution is -2.49. The Kier molecular flexibility index (Phi) is 5.71. The molecule has 126 valence electrons. The van der Waals surface area contributed by atoms with Gasteiger partial charge in [0.05, 0.1) is 0 Å². The third-order valence-corrected chi connectivity index (χ3v) is 3.39. The molecule has 2 aromatic carbocycles. The third kappa shape index (κ3) is 4.93. The summed E-state index contributed by atoms with van der Waals surface area (Å²) in [7, 11) is 0. The first-order valence-electron chi connectivity index (χ1n) is 7.75. The smallest absolute Gasteiger partial charge is 0.274 e. The minimum atomic E-state index is -0.683. The summed E-state index contributed by atoms with van der Waals surface area (Å²) in [5.74, 6) is -0.622. The van der Waals surface area contributed by atoms with Gasteiger partial charge in [-0.2, -0.15) is 0 Å². The fourth-order valence-electron chi connectivity index (χ4n) is 1.98. The number of hydroxylamine groups is 1. The molecular formula is C19H22N2O3. The summed E-state index contributed by atoms with van der Waals surface area (Å²) < 4.78 is 0. The summed E-state index contributed by atoms with van der Waals surface area (Å²) in [6.07, 6.45) is -0.683. The van der Waals surface area contributed by atoms with Crippen molar-refractivity contribution < 1.29 is 14.4 Å². The molecule has 0 aliphatic carbocycles. The topological polar surface area (TPSA) is 67.4 Å². The van der Waals surface area contributed by atoms with Crippen LogP contribution in [0, 0.1) is 5.41 Å². The summed E-state index contributed by atoms with van der Waals surface area (Å²) in [5, 5.41) is 2.80. The van der Waals surface area contributed by atoms with Crippen LogP contribution in [0.3, 0.4) is 0 Å². The second-order valence-electron chi connectivity index (χ2n) is 6.50. The van der Waals surface area contributed by atoms with Crippen LogP contribution in [0.25, 0.3) is 0 Å². The van der Waals surface area contributed by atoms with Crippen molar-refractivity contribution in [3.63, 3.8) is 0 Å². The van der Waals surface area contributed by atoms with Gasteiger partial charge >= 0.3 is 0 Å². The zero-order valence-corrected chi connectivity index (χ0v) is 14.1. The van der Waals surface area contributed by atoms with Crippen molar-refractivity contribution in [2.45, 2.75) is 27.0 Å². The Morgan fingerprint density at radius 1 is 0.833 bits per heavy atom. The average Bonchev–Trinajstić information content (AvgIpc) is 2.58. The second kappa shape index (κ2) is 7.75. The van der Waals surface area contributed by atoms with Crippen molar-refractivity contribution in [3.05, 3.63) is 71.8 Å². The van der Waals surface area contributed by atoms with Crippen LogP contribution < -0.4 is 10.8 Å². The molecule has 0 aliphatic rings. The quantitative estimate of drug-likeness (QED) is 0.655. The lowest BCUT2D eigenvalue weighted by molar-refractivity contribution is -0.0777. The van der Waals surface area contributed by atoms with Gasteiger partial charge in [-0.15, -0.1) is 0 Å². The van der Waals surface area contributed by atoms with Gasteiger partial charge < -0.3 is 5.32 Å². The molecule has 5 heteroatoms. The molecule has 5 nitrogen and oxygen atoms in total. The second-order valence-corrected chi connectivity index (χ2v) is 6.50. The molecular weight excluding hydrogens is 304 g/mol. The third-order valence-electron chi connectivity index (χ3n) is 3.39. The molecule has 0 aliphatic heterocycles. The molecule has 0 bridgehead atoms. The molecule has 2 rings (SSSR count). The van der Waals surface area contributed by atoms with Gasteiger partial charge in [0.2, 0.25) is 0 Å². The molecule has 0 aromatic heterocycles. The highest BCUT2D eigenvalue weighted by Gasteiger charge is 2.28. The van der Waals surface area contributed by atoms with Crippen molar-refractivity contribution in [1.29, 1.82) is 0 Å². The van der Waals surface area contributed by atoms with E-state index in [4.69, 9.17) is 4.84 Å². The minimum absolute atomic E-state index is 0.260. The molecule has 0 saturated heterocycles. The van der Waals surface area contributed by atoms with Crippen molar-refractivity contribution in [3.8, 4) is 0 Å². The summed E-state index contributed by atoms with van der Waals surface area (Å²) >= 11 is 0. The number of hydrogen-bond donors (Lipinski definition) is 2. The fraction of sp³-hybridized carbons (Fsp3) is 0.263. The van der Waals surface area contributed by atoms with Gasteiger partial charge in [-0.05, 0) is 24.3 Å². The molecule has 2 aromatic rings. The highest BCUT2D eigenvalue weighted by atomic mass is 16.7. The van der Waals surface area contributed by atoms with E-state index in [9.17, 15) is 9.59 Å². The maximum Gasteiger partial charge on any atom is 0.274 e. The standard InChI is InChI=1S/C19H22N2O3/c1-19(2,3)18(20-16(22)14-10-6-4-7-11-14)24-21-17(23)15-12-8-5-9-13-15/h4-13,18H,1-3H3,(H,20,22)(H,21,23). The van der Waals surface area contributed by atoms with E-state index in [1.165, 1.54) is 0 Å². The van der Waals surface area contributed by atoms with E-state index >= 15 is 0 Å². The molecule has 24 heavy (non-hydrogen) atoms. The normalized spacial score (nSPS) is 12.3. The lowest BCUT2D eigenvalue weighted by Gasteiger charge is -2.30. The minimum Gasteiger partial charge on any atom is -0.324 e. The zero-order chi connectivity index (χ0) is 17.6. The van der Waals surface area contributed by atoms with Crippen LogP contribution in [0.4, 0.5) is 0 Å². The maximum absolute atomic E-state index is 12.3. The highest BCUT2D eigenvalue weighted by Crippen LogP contribution is 2.20. The van der Waals surface area contributed by atoms with E-state index in [1.54, 1.807) is 48.5 Å². The lowest BCUT2D eigenvalue weighted by atomic mass is 9.94. The summed E-state index contributed by atoms with van der Waals surface area (Å²) in [4.78, 5) is 29.9. The first kappa shape index (κ1) is 17.7. The maximum atomic E-state index is 12.3. The number of carbonyl (C=O) groups excluding carboxylic acids is 2. The predicted octanol–water partition coefficient (Wildman–Crippen LogP) is 3.15. The first-order valence-corrected chi connectivity index (χ1v) is 7.75. The van der Waals surface area contributed by atoms with Crippen molar-refractivity contribution in [2.24, 2.45) is 5.41 Å². The number of nitrogens with one attached hydrogen (secondary N) is 2. The van der Waals surface area contributed by atoms with Crippen molar-refractivity contribution in [1.82, 2.24) is 10.8 Å². The van der Waals surface area contributed by atoms with Gasteiger partial charge in [0, 0.05) is 16.5 Å². The Bertz CT molecular complexity index is 679. The number of rotatable bonds is 5. The Labute approximate surface area is 142 Å². The highest BCUT2D eigenvalue weighted by molar-refractivity contribution is 5.94. The molecule has 2 N–H and O–H groups in total.